The molecule has 1 atom stereocenters. The molecule has 0 amide bonds. The molecular formula is C14H21N. The summed E-state index contributed by atoms with van der Waals surface area (Å²) < 4.78 is 0. The molecule has 0 radical (unpaired) electrons. The fraction of sp³-hybridized carbons (Fsp3) is 0.571. The van der Waals surface area contributed by atoms with Crippen molar-refractivity contribution in [2.75, 3.05) is 0 Å². The Morgan fingerprint density at radius 1 is 1.07 bits per heavy atom. The molecule has 2 rings (SSSR count). The Hall–Kier alpha value is -0.820. The highest BCUT2D eigenvalue weighted by molar-refractivity contribution is 5.33. The third-order valence-electron chi connectivity index (χ3n) is 3.55. The Morgan fingerprint density at radius 2 is 1.60 bits per heavy atom. The Labute approximate surface area is 92.9 Å². The molecule has 15 heavy (non-hydrogen) atoms. The Kier molecular flexibility index (Phi) is 3.11. The van der Waals surface area contributed by atoms with E-state index in [0.29, 0.717) is 18.0 Å². The molecule has 1 nitrogen and oxygen atoms in total. The van der Waals surface area contributed by atoms with Crippen LogP contribution in [0, 0.1) is 5.92 Å². The number of rotatable bonds is 3. The molecule has 0 heterocycles. The monoisotopic (exact) mass is 203 g/mol. The summed E-state index contributed by atoms with van der Waals surface area (Å²) >= 11 is 0. The highest BCUT2D eigenvalue weighted by atomic mass is 15.0. The van der Waals surface area contributed by atoms with Crippen molar-refractivity contribution in [3.8, 4) is 0 Å². The van der Waals surface area contributed by atoms with Crippen LogP contribution in [0.2, 0.25) is 0 Å². The molecular weight excluding hydrogens is 182 g/mol. The van der Waals surface area contributed by atoms with E-state index in [1.54, 1.807) is 0 Å². The minimum Gasteiger partial charge on any atom is -0.311 e. The summed E-state index contributed by atoms with van der Waals surface area (Å²) in [6, 6.07) is 10.1. The van der Waals surface area contributed by atoms with Gasteiger partial charge in [0.25, 0.3) is 0 Å². The van der Waals surface area contributed by atoms with Gasteiger partial charge in [0.15, 0.2) is 0 Å². The molecule has 1 aromatic carbocycles. The van der Waals surface area contributed by atoms with Gasteiger partial charge in [0.1, 0.15) is 0 Å². The predicted octanol–water partition coefficient (Wildman–Crippen LogP) is 2.79. The Morgan fingerprint density at radius 3 is 2.07 bits per heavy atom. The molecule has 0 aliphatic heterocycles. The maximum atomic E-state index is 3.73. The lowest BCUT2D eigenvalue weighted by Crippen LogP contribution is -2.39. The molecule has 1 aliphatic rings. The lowest BCUT2D eigenvalue weighted by molar-refractivity contribution is 0.377. The van der Waals surface area contributed by atoms with E-state index in [1.807, 2.05) is 0 Å². The zero-order valence-corrected chi connectivity index (χ0v) is 9.96. The number of hydrogen-bond acceptors (Lipinski definition) is 1. The summed E-state index contributed by atoms with van der Waals surface area (Å²) in [6.07, 6.45) is 2.40. The normalized spacial score (nSPS) is 18.1. The molecule has 1 aliphatic carbocycles. The van der Waals surface area contributed by atoms with E-state index in [1.165, 1.54) is 24.0 Å². The van der Waals surface area contributed by atoms with Crippen LogP contribution in [0.5, 0.6) is 0 Å². The molecule has 82 valence electrons. The molecule has 0 saturated carbocycles. The van der Waals surface area contributed by atoms with Gasteiger partial charge in [-0.15, -0.1) is 0 Å². The third kappa shape index (κ3) is 2.40. The van der Waals surface area contributed by atoms with E-state index < -0.39 is 0 Å². The van der Waals surface area contributed by atoms with Gasteiger partial charge in [0, 0.05) is 12.1 Å². The van der Waals surface area contributed by atoms with Crippen LogP contribution in [0.1, 0.15) is 31.9 Å². The minimum absolute atomic E-state index is 0.615. The van der Waals surface area contributed by atoms with E-state index in [0.717, 1.165) is 0 Å². The van der Waals surface area contributed by atoms with Gasteiger partial charge in [-0.05, 0) is 36.8 Å². The first-order valence-electron chi connectivity index (χ1n) is 5.99. The lowest BCUT2D eigenvalue weighted by atomic mass is 10.0. The molecule has 1 heteroatoms. The van der Waals surface area contributed by atoms with E-state index >= 15 is 0 Å². The van der Waals surface area contributed by atoms with Crippen LogP contribution in [0.4, 0.5) is 0 Å². The first-order chi connectivity index (χ1) is 7.16. The molecule has 0 aromatic heterocycles. The first kappa shape index (κ1) is 10.7. The fourth-order valence-corrected chi connectivity index (χ4v) is 2.24. The van der Waals surface area contributed by atoms with Crippen LogP contribution in [0.3, 0.4) is 0 Å². The average Bonchev–Trinajstić information content (AvgIpc) is 2.59. The van der Waals surface area contributed by atoms with Crippen molar-refractivity contribution in [3.05, 3.63) is 35.4 Å². The number of hydrogen-bond donors (Lipinski definition) is 1. The zero-order chi connectivity index (χ0) is 10.8. The van der Waals surface area contributed by atoms with Crippen LogP contribution < -0.4 is 5.32 Å². The largest absolute Gasteiger partial charge is 0.311 e. The van der Waals surface area contributed by atoms with Crippen molar-refractivity contribution >= 4 is 0 Å². The SMILES string of the molecule is CC(C)C(C)NC1Cc2ccccc2C1. The maximum absolute atomic E-state index is 3.73. The third-order valence-corrected chi connectivity index (χ3v) is 3.55. The quantitative estimate of drug-likeness (QED) is 0.796. The Balaban J connectivity index is 1.96. The highest BCUT2D eigenvalue weighted by Crippen LogP contribution is 2.22. The van der Waals surface area contributed by atoms with Crippen LogP contribution >= 0.6 is 0 Å². The van der Waals surface area contributed by atoms with Crippen molar-refractivity contribution in [1.29, 1.82) is 0 Å². The van der Waals surface area contributed by atoms with Crippen molar-refractivity contribution < 1.29 is 0 Å². The fourth-order valence-electron chi connectivity index (χ4n) is 2.24. The van der Waals surface area contributed by atoms with Crippen molar-refractivity contribution in [2.24, 2.45) is 5.92 Å². The predicted molar refractivity (Wildman–Crippen MR) is 65.1 cm³/mol. The zero-order valence-electron chi connectivity index (χ0n) is 9.96. The smallest absolute Gasteiger partial charge is 0.0151 e. The van der Waals surface area contributed by atoms with Gasteiger partial charge < -0.3 is 5.32 Å². The van der Waals surface area contributed by atoms with Gasteiger partial charge in [-0.2, -0.15) is 0 Å². The summed E-state index contributed by atoms with van der Waals surface area (Å²) in [7, 11) is 0. The van der Waals surface area contributed by atoms with Crippen LogP contribution in [0.25, 0.3) is 0 Å². The van der Waals surface area contributed by atoms with Gasteiger partial charge in [-0.25, -0.2) is 0 Å². The second-order valence-electron chi connectivity index (χ2n) is 5.07. The number of benzene rings is 1. The van der Waals surface area contributed by atoms with E-state index in [-0.39, 0.29) is 0 Å². The van der Waals surface area contributed by atoms with Crippen LogP contribution in [-0.4, -0.2) is 12.1 Å². The number of nitrogens with one attached hydrogen (secondary N) is 1. The van der Waals surface area contributed by atoms with E-state index in [4.69, 9.17) is 0 Å². The minimum atomic E-state index is 0.615. The maximum Gasteiger partial charge on any atom is 0.0151 e. The summed E-state index contributed by atoms with van der Waals surface area (Å²) in [4.78, 5) is 0. The summed E-state index contributed by atoms with van der Waals surface area (Å²) in [6.45, 7) is 6.84. The highest BCUT2D eigenvalue weighted by Gasteiger charge is 2.22. The first-order valence-corrected chi connectivity index (χ1v) is 5.99. The summed E-state index contributed by atoms with van der Waals surface area (Å²) in [5.74, 6) is 0.716. The average molecular weight is 203 g/mol. The molecule has 1 N–H and O–H groups in total. The van der Waals surface area contributed by atoms with Crippen LogP contribution in [0.15, 0.2) is 24.3 Å². The van der Waals surface area contributed by atoms with Gasteiger partial charge in [-0.1, -0.05) is 38.1 Å². The van der Waals surface area contributed by atoms with Crippen molar-refractivity contribution in [3.63, 3.8) is 0 Å². The molecule has 0 spiro atoms. The van der Waals surface area contributed by atoms with E-state index in [9.17, 15) is 0 Å². The molecule has 0 saturated heterocycles. The van der Waals surface area contributed by atoms with Crippen molar-refractivity contribution in [2.45, 2.75) is 45.7 Å². The van der Waals surface area contributed by atoms with Crippen molar-refractivity contribution in [1.82, 2.24) is 5.32 Å². The Bertz CT molecular complexity index is 305. The molecule has 0 bridgehead atoms. The molecule has 0 fully saturated rings. The lowest BCUT2D eigenvalue weighted by Gasteiger charge is -2.22. The molecule has 1 aromatic rings. The van der Waals surface area contributed by atoms with Gasteiger partial charge in [0.2, 0.25) is 0 Å². The second kappa shape index (κ2) is 4.36. The van der Waals surface area contributed by atoms with Crippen LogP contribution in [-0.2, 0) is 12.8 Å². The van der Waals surface area contributed by atoms with E-state index in [2.05, 4.69) is 50.4 Å². The van der Waals surface area contributed by atoms with Gasteiger partial charge in [0.05, 0.1) is 0 Å². The van der Waals surface area contributed by atoms with Gasteiger partial charge >= 0.3 is 0 Å². The standard InChI is InChI=1S/C14H21N/c1-10(2)11(3)15-14-8-12-6-4-5-7-13(12)9-14/h4-7,10-11,14-15H,8-9H2,1-3H3. The molecule has 1 unspecified atom stereocenters. The number of fused-ring (bicyclic) bond motifs is 1. The topological polar surface area (TPSA) is 12.0 Å². The summed E-state index contributed by atoms with van der Waals surface area (Å²) in [5.41, 5.74) is 3.07. The second-order valence-corrected chi connectivity index (χ2v) is 5.07. The van der Waals surface area contributed by atoms with Gasteiger partial charge in [-0.3, -0.25) is 0 Å². The summed E-state index contributed by atoms with van der Waals surface area (Å²) in [5, 5.41) is 3.73.